The second kappa shape index (κ2) is 1.44. The first-order valence-corrected chi connectivity index (χ1v) is 3.75. The first-order valence-electron chi connectivity index (χ1n) is 1.49. The van der Waals surface area contributed by atoms with Gasteiger partial charge in [-0.15, -0.1) is 0 Å². The van der Waals surface area contributed by atoms with E-state index in [4.69, 9.17) is 0 Å². The second-order valence-corrected chi connectivity index (χ2v) is 2.73. The van der Waals surface area contributed by atoms with Crippen LogP contribution >= 0.6 is 0 Å². The van der Waals surface area contributed by atoms with E-state index in [0.29, 0.717) is 0 Å². The molecule has 0 aromatic rings. The number of hydrogen-bond acceptors (Lipinski definition) is 0. The maximum absolute atomic E-state index is 3.11. The summed E-state index contributed by atoms with van der Waals surface area (Å²) in [6.45, 7) is 0. The summed E-state index contributed by atoms with van der Waals surface area (Å²) in [5, 5.41) is 0. The third-order valence-corrected chi connectivity index (χ3v) is 1.90. The van der Waals surface area contributed by atoms with Gasteiger partial charge in [0.25, 0.3) is 0 Å². The van der Waals surface area contributed by atoms with Crippen molar-refractivity contribution in [2.45, 2.75) is 0 Å². The van der Waals surface area contributed by atoms with Crippen LogP contribution in [0.5, 0.6) is 0 Å². The molecule has 0 spiro atoms. The van der Waals surface area contributed by atoms with Crippen LogP contribution in [-0.2, 0) is 0 Å². The van der Waals surface area contributed by atoms with Gasteiger partial charge in [-0.3, -0.25) is 0 Å². The third-order valence-electron chi connectivity index (χ3n) is 0.442. The fourth-order valence-corrected chi connectivity index (χ4v) is 1.25. The van der Waals surface area contributed by atoms with Crippen LogP contribution in [0.3, 0.4) is 0 Å². The average molecular weight is 132 g/mol. The van der Waals surface area contributed by atoms with Crippen molar-refractivity contribution in [3.8, 4) is 0 Å². The van der Waals surface area contributed by atoms with Gasteiger partial charge in [-0.1, -0.05) is 0 Å². The van der Waals surface area contributed by atoms with Gasteiger partial charge < -0.3 is 0 Å². The fraction of sp³-hybridized carbons (Fsp3) is 0. The second-order valence-electron chi connectivity index (χ2n) is 0.814. The van der Waals surface area contributed by atoms with Gasteiger partial charge in [0.15, 0.2) is 0 Å². The Kier molecular flexibility index (Phi) is 0.921. The Morgan fingerprint density at radius 1 is 1.60 bits per heavy atom. The molecule has 0 atom stereocenters. The molecule has 0 fully saturated rings. The summed E-state index contributed by atoms with van der Waals surface area (Å²) < 4.78 is 0. The Labute approximate surface area is 37.7 Å². The van der Waals surface area contributed by atoms with Gasteiger partial charge in [0.1, 0.15) is 0 Å². The SMILES string of the molecule is [C]1=CC=C[SeH2]1. The zero-order valence-electron chi connectivity index (χ0n) is 2.73. The van der Waals surface area contributed by atoms with Crippen molar-refractivity contribution >= 4 is 15.0 Å². The van der Waals surface area contributed by atoms with Crippen molar-refractivity contribution in [3.05, 3.63) is 22.1 Å². The van der Waals surface area contributed by atoms with E-state index in [-0.39, 0.29) is 15.0 Å². The van der Waals surface area contributed by atoms with Crippen molar-refractivity contribution in [3.63, 3.8) is 0 Å². The summed E-state index contributed by atoms with van der Waals surface area (Å²) in [6.07, 6.45) is 4.04. The molecule has 1 heteroatoms. The monoisotopic (exact) mass is 133 g/mol. The number of hydrogen-bond donors (Lipinski definition) is 0. The molecule has 0 aromatic carbocycles. The van der Waals surface area contributed by atoms with Crippen molar-refractivity contribution < 1.29 is 0 Å². The molecule has 0 N–H and O–H groups in total. The van der Waals surface area contributed by atoms with Crippen LogP contribution < -0.4 is 0 Å². The Bertz CT molecular complexity index is 61.7. The number of rotatable bonds is 0. The Balaban J connectivity index is 2.61. The molecule has 0 aromatic heterocycles. The number of allylic oxidation sites excluding steroid dienone is 2. The van der Waals surface area contributed by atoms with Crippen LogP contribution in [0.25, 0.3) is 0 Å². The van der Waals surface area contributed by atoms with Gasteiger partial charge in [0, 0.05) is 0 Å². The molecule has 1 aliphatic heterocycles. The minimum atomic E-state index is 0.153. The van der Waals surface area contributed by atoms with Crippen LogP contribution in [0.2, 0.25) is 0 Å². The molecule has 1 radical (unpaired) electrons. The van der Waals surface area contributed by atoms with Crippen molar-refractivity contribution in [2.24, 2.45) is 0 Å². The van der Waals surface area contributed by atoms with Gasteiger partial charge in [0.05, 0.1) is 0 Å². The standard InChI is InChI=1S/C4H5Se/c1-2-4-5-3-1/h1-3H,5H2. The van der Waals surface area contributed by atoms with Gasteiger partial charge in [-0.25, -0.2) is 0 Å². The molecule has 1 rings (SSSR count). The van der Waals surface area contributed by atoms with Crippen molar-refractivity contribution in [2.75, 3.05) is 0 Å². The first kappa shape index (κ1) is 3.20. The van der Waals surface area contributed by atoms with Crippen LogP contribution in [0.15, 0.2) is 17.1 Å². The quantitative estimate of drug-likeness (QED) is 0.407. The molecule has 0 saturated heterocycles. The third kappa shape index (κ3) is 0.640. The first-order chi connectivity index (χ1) is 2.50. The van der Waals surface area contributed by atoms with Gasteiger partial charge in [-0.05, 0) is 0 Å². The molecule has 27 valence electrons. The molecule has 0 aliphatic carbocycles. The van der Waals surface area contributed by atoms with Crippen LogP contribution in [0.4, 0.5) is 0 Å². The molecule has 0 bridgehead atoms. The average Bonchev–Trinajstić information content (AvgIpc) is 1.76. The van der Waals surface area contributed by atoms with Crippen LogP contribution in [0, 0.1) is 4.97 Å². The summed E-state index contributed by atoms with van der Waals surface area (Å²) in [5.74, 6) is 0. The predicted octanol–water partition coefficient (Wildman–Crippen LogP) is -0.000610. The molecule has 1 heterocycles. The van der Waals surface area contributed by atoms with Crippen LogP contribution in [0.1, 0.15) is 0 Å². The van der Waals surface area contributed by atoms with E-state index in [1.54, 1.807) is 0 Å². The Morgan fingerprint density at radius 2 is 2.60 bits per heavy atom. The minimum absolute atomic E-state index is 0.153. The molecule has 0 nitrogen and oxygen atoms in total. The zero-order valence-corrected chi connectivity index (χ0v) is 4.83. The Morgan fingerprint density at radius 3 is 2.80 bits per heavy atom. The van der Waals surface area contributed by atoms with Gasteiger partial charge in [-0.2, -0.15) is 0 Å². The summed E-state index contributed by atoms with van der Waals surface area (Å²) in [5.41, 5.74) is 0. The predicted molar refractivity (Wildman–Crippen MR) is 25.5 cm³/mol. The van der Waals surface area contributed by atoms with E-state index >= 15 is 0 Å². The molecular weight excluding hydrogens is 127 g/mol. The molecule has 1 aliphatic rings. The summed E-state index contributed by atoms with van der Waals surface area (Å²) in [4.78, 5) is 5.31. The van der Waals surface area contributed by atoms with E-state index < -0.39 is 0 Å². The van der Waals surface area contributed by atoms with E-state index in [0.717, 1.165) is 0 Å². The zero-order chi connectivity index (χ0) is 3.54. The molecule has 0 unspecified atom stereocenters. The van der Waals surface area contributed by atoms with Crippen molar-refractivity contribution in [1.82, 2.24) is 0 Å². The van der Waals surface area contributed by atoms with E-state index in [1.807, 2.05) is 6.08 Å². The van der Waals surface area contributed by atoms with E-state index in [1.165, 1.54) is 0 Å². The molecule has 5 heavy (non-hydrogen) atoms. The maximum atomic E-state index is 3.11. The summed E-state index contributed by atoms with van der Waals surface area (Å²) in [6, 6.07) is 0. The van der Waals surface area contributed by atoms with Gasteiger partial charge >= 0.3 is 37.1 Å². The fourth-order valence-electron chi connectivity index (χ4n) is 0.241. The van der Waals surface area contributed by atoms with Crippen molar-refractivity contribution in [1.29, 1.82) is 0 Å². The topological polar surface area (TPSA) is 0 Å². The van der Waals surface area contributed by atoms with E-state index in [2.05, 4.69) is 16.0 Å². The normalized spacial score (nSPS) is 19.2. The molecule has 0 amide bonds. The summed E-state index contributed by atoms with van der Waals surface area (Å²) in [7, 11) is 0. The molecular formula is C4H5Se. The van der Waals surface area contributed by atoms with Gasteiger partial charge in [0.2, 0.25) is 0 Å². The van der Waals surface area contributed by atoms with E-state index in [9.17, 15) is 0 Å². The van der Waals surface area contributed by atoms with Crippen LogP contribution in [-0.4, -0.2) is 15.0 Å². The Hall–Kier alpha value is -0.000519. The molecule has 0 saturated carbocycles. The summed E-state index contributed by atoms with van der Waals surface area (Å²) >= 11 is 0.153.